The van der Waals surface area contributed by atoms with Crippen LogP contribution in [0.5, 0.6) is 11.6 Å². The Balaban J connectivity index is 2.07. The molecule has 0 atom stereocenters. The number of nitrogens with one attached hydrogen (secondary N) is 1. The molecule has 0 aliphatic carbocycles. The van der Waals surface area contributed by atoms with E-state index in [2.05, 4.69) is 20.2 Å². The minimum atomic E-state index is -0.320. The van der Waals surface area contributed by atoms with Crippen molar-refractivity contribution >= 4 is 22.6 Å². The molecule has 2 aromatic heterocycles. The second-order valence-corrected chi connectivity index (χ2v) is 4.28. The average molecular weight is 279 g/mol. The van der Waals surface area contributed by atoms with Gasteiger partial charge in [-0.2, -0.15) is 15.1 Å². The van der Waals surface area contributed by atoms with Gasteiger partial charge in [0.25, 0.3) is 0 Å². The molecule has 0 aliphatic heterocycles. The number of rotatable bonds is 2. The zero-order valence-corrected chi connectivity index (χ0v) is 10.6. The predicted molar refractivity (Wildman–Crippen MR) is 67.9 cm³/mol. The van der Waals surface area contributed by atoms with Crippen molar-refractivity contribution in [3.63, 3.8) is 0 Å². The summed E-state index contributed by atoms with van der Waals surface area (Å²) in [5.41, 5.74) is 1.14. The second kappa shape index (κ2) is 4.47. The molecular formula is C12H8ClFN4O. The van der Waals surface area contributed by atoms with Crippen LogP contribution in [0, 0.1) is 12.7 Å². The van der Waals surface area contributed by atoms with E-state index in [0.717, 1.165) is 0 Å². The lowest BCUT2D eigenvalue weighted by Crippen LogP contribution is -1.94. The van der Waals surface area contributed by atoms with Crippen LogP contribution in [-0.2, 0) is 0 Å². The highest BCUT2D eigenvalue weighted by Gasteiger charge is 2.12. The summed E-state index contributed by atoms with van der Waals surface area (Å²) in [4.78, 5) is 7.98. The van der Waals surface area contributed by atoms with Crippen LogP contribution in [0.15, 0.2) is 24.4 Å². The number of aromatic amines is 1. The lowest BCUT2D eigenvalue weighted by Gasteiger charge is -2.08. The second-order valence-electron chi connectivity index (χ2n) is 3.94. The molecule has 3 aromatic rings. The molecule has 5 nitrogen and oxygen atoms in total. The van der Waals surface area contributed by atoms with Crippen LogP contribution >= 0.6 is 11.6 Å². The molecule has 0 spiro atoms. The molecule has 0 aliphatic rings. The van der Waals surface area contributed by atoms with E-state index in [0.29, 0.717) is 22.3 Å². The number of ether oxygens (including phenoxy) is 1. The van der Waals surface area contributed by atoms with Crippen LogP contribution in [-0.4, -0.2) is 20.2 Å². The van der Waals surface area contributed by atoms with E-state index in [1.807, 2.05) is 0 Å². The van der Waals surface area contributed by atoms with Gasteiger partial charge in [0, 0.05) is 0 Å². The van der Waals surface area contributed by atoms with Gasteiger partial charge in [0.15, 0.2) is 5.65 Å². The summed E-state index contributed by atoms with van der Waals surface area (Å²) in [6, 6.07) is 4.23. The van der Waals surface area contributed by atoms with Gasteiger partial charge >= 0.3 is 0 Å². The van der Waals surface area contributed by atoms with E-state index in [-0.39, 0.29) is 17.0 Å². The molecule has 1 N–H and O–H groups in total. The van der Waals surface area contributed by atoms with Crippen LogP contribution in [0.1, 0.15) is 5.56 Å². The molecule has 0 fully saturated rings. The molecule has 0 saturated carbocycles. The topological polar surface area (TPSA) is 63.7 Å². The molecule has 2 heterocycles. The van der Waals surface area contributed by atoms with Crippen molar-refractivity contribution in [2.75, 3.05) is 0 Å². The minimum Gasteiger partial charge on any atom is -0.438 e. The summed E-state index contributed by atoms with van der Waals surface area (Å²) < 4.78 is 18.7. The van der Waals surface area contributed by atoms with E-state index >= 15 is 0 Å². The number of nitrogens with zero attached hydrogens (tertiary/aromatic N) is 3. The Kier molecular flexibility index (Phi) is 2.79. The Labute approximate surface area is 112 Å². The zero-order chi connectivity index (χ0) is 13.4. The molecule has 0 amide bonds. The smallest absolute Gasteiger partial charge is 0.234 e. The van der Waals surface area contributed by atoms with Crippen LogP contribution in [0.25, 0.3) is 11.0 Å². The largest absolute Gasteiger partial charge is 0.438 e. The standard InChI is InChI=1S/C12H8ClFN4O/c1-6-4-7(14)2-3-9(6)19-11-8-5-15-18-10(8)16-12(13)17-11/h2-5H,1H3,(H,15,16,17,18). The van der Waals surface area contributed by atoms with Crippen molar-refractivity contribution in [3.8, 4) is 11.6 Å². The lowest BCUT2D eigenvalue weighted by molar-refractivity contribution is 0.463. The molecule has 0 saturated heterocycles. The van der Waals surface area contributed by atoms with Crippen LogP contribution in [0.4, 0.5) is 4.39 Å². The highest BCUT2D eigenvalue weighted by atomic mass is 35.5. The number of aromatic nitrogens is 4. The van der Waals surface area contributed by atoms with Gasteiger partial charge in [-0.05, 0) is 42.3 Å². The summed E-state index contributed by atoms with van der Waals surface area (Å²) >= 11 is 5.80. The number of hydrogen-bond acceptors (Lipinski definition) is 4. The van der Waals surface area contributed by atoms with Crippen molar-refractivity contribution < 1.29 is 9.13 Å². The van der Waals surface area contributed by atoms with Crippen molar-refractivity contribution in [1.29, 1.82) is 0 Å². The minimum absolute atomic E-state index is 0.0477. The van der Waals surface area contributed by atoms with Gasteiger partial charge in [0.1, 0.15) is 17.0 Å². The Morgan fingerprint density at radius 3 is 2.95 bits per heavy atom. The first kappa shape index (κ1) is 11.9. The molecule has 96 valence electrons. The van der Waals surface area contributed by atoms with Crippen LogP contribution in [0.2, 0.25) is 5.28 Å². The molecule has 1 aromatic carbocycles. The maximum atomic E-state index is 13.0. The van der Waals surface area contributed by atoms with Gasteiger partial charge < -0.3 is 4.74 Å². The summed E-state index contributed by atoms with van der Waals surface area (Å²) in [7, 11) is 0. The Hall–Kier alpha value is -2.21. The summed E-state index contributed by atoms with van der Waals surface area (Å²) in [5, 5.41) is 7.19. The summed E-state index contributed by atoms with van der Waals surface area (Å²) in [6.45, 7) is 1.74. The third-order valence-corrected chi connectivity index (χ3v) is 2.76. The number of halogens is 2. The van der Waals surface area contributed by atoms with Gasteiger partial charge in [0.05, 0.1) is 6.20 Å². The van der Waals surface area contributed by atoms with Gasteiger partial charge in [-0.1, -0.05) is 0 Å². The fourth-order valence-corrected chi connectivity index (χ4v) is 1.85. The van der Waals surface area contributed by atoms with Crippen LogP contribution in [0.3, 0.4) is 0 Å². The van der Waals surface area contributed by atoms with Crippen molar-refractivity contribution in [2.45, 2.75) is 6.92 Å². The molecular weight excluding hydrogens is 271 g/mol. The van der Waals surface area contributed by atoms with Gasteiger partial charge in [0.2, 0.25) is 11.2 Å². The van der Waals surface area contributed by atoms with E-state index in [9.17, 15) is 4.39 Å². The van der Waals surface area contributed by atoms with Crippen molar-refractivity contribution in [1.82, 2.24) is 20.2 Å². The first-order valence-electron chi connectivity index (χ1n) is 5.44. The molecule has 3 rings (SSSR count). The number of hydrogen-bond donors (Lipinski definition) is 1. The van der Waals surface area contributed by atoms with Crippen molar-refractivity contribution in [3.05, 3.63) is 41.1 Å². The predicted octanol–water partition coefficient (Wildman–Crippen LogP) is 3.25. The summed E-state index contributed by atoms with van der Waals surface area (Å²) in [6.07, 6.45) is 1.54. The fourth-order valence-electron chi connectivity index (χ4n) is 1.69. The molecule has 0 unspecified atom stereocenters. The normalized spacial score (nSPS) is 10.9. The number of aryl methyl sites for hydroxylation is 1. The third kappa shape index (κ3) is 2.22. The maximum Gasteiger partial charge on any atom is 0.234 e. The molecule has 0 bridgehead atoms. The average Bonchev–Trinajstić information content (AvgIpc) is 2.80. The van der Waals surface area contributed by atoms with Crippen LogP contribution < -0.4 is 4.74 Å². The monoisotopic (exact) mass is 278 g/mol. The van der Waals surface area contributed by atoms with E-state index in [1.54, 1.807) is 13.1 Å². The fraction of sp³-hybridized carbons (Fsp3) is 0.0833. The zero-order valence-electron chi connectivity index (χ0n) is 9.82. The lowest BCUT2D eigenvalue weighted by atomic mass is 10.2. The van der Waals surface area contributed by atoms with E-state index in [1.165, 1.54) is 18.2 Å². The number of fused-ring (bicyclic) bond motifs is 1. The quantitative estimate of drug-likeness (QED) is 0.731. The van der Waals surface area contributed by atoms with Gasteiger partial charge in [-0.15, -0.1) is 0 Å². The van der Waals surface area contributed by atoms with Crippen molar-refractivity contribution in [2.24, 2.45) is 0 Å². The third-order valence-electron chi connectivity index (χ3n) is 2.59. The highest BCUT2D eigenvalue weighted by Crippen LogP contribution is 2.29. The molecule has 0 radical (unpaired) electrons. The van der Waals surface area contributed by atoms with E-state index < -0.39 is 0 Å². The highest BCUT2D eigenvalue weighted by molar-refractivity contribution is 6.28. The Morgan fingerprint density at radius 2 is 2.16 bits per heavy atom. The first-order valence-corrected chi connectivity index (χ1v) is 5.82. The van der Waals surface area contributed by atoms with Gasteiger partial charge in [-0.3, -0.25) is 5.10 Å². The number of H-pyrrole nitrogens is 1. The van der Waals surface area contributed by atoms with Gasteiger partial charge in [-0.25, -0.2) is 4.39 Å². The Bertz CT molecular complexity index is 759. The summed E-state index contributed by atoms with van der Waals surface area (Å²) in [5.74, 6) is 0.455. The molecule has 7 heteroatoms. The first-order chi connectivity index (χ1) is 9.13. The SMILES string of the molecule is Cc1cc(F)ccc1Oc1nc(Cl)nc2[nH]ncc12. The Morgan fingerprint density at radius 1 is 1.32 bits per heavy atom. The number of benzene rings is 1. The molecule has 19 heavy (non-hydrogen) atoms. The maximum absolute atomic E-state index is 13.0. The van der Waals surface area contributed by atoms with E-state index in [4.69, 9.17) is 16.3 Å².